The molecule has 0 aliphatic carbocycles. The van der Waals surface area contributed by atoms with Crippen molar-refractivity contribution in [3.63, 3.8) is 0 Å². The molecule has 0 aliphatic heterocycles. The summed E-state index contributed by atoms with van der Waals surface area (Å²) < 4.78 is 32.0. The molecule has 0 saturated carbocycles. The summed E-state index contributed by atoms with van der Waals surface area (Å²) in [4.78, 5) is 0.166. The molecule has 0 heterocycles. The number of benzene rings is 1. The Bertz CT molecular complexity index is 432. The molecule has 9 heteroatoms. The highest BCUT2D eigenvalue weighted by Crippen LogP contribution is 2.14. The van der Waals surface area contributed by atoms with E-state index in [-0.39, 0.29) is 17.3 Å². The lowest BCUT2D eigenvalue weighted by molar-refractivity contribution is -0.434. The van der Waals surface area contributed by atoms with Gasteiger partial charge in [-0.05, 0) is 24.3 Å². The zero-order valence-corrected chi connectivity index (χ0v) is 10.2. The average molecular weight is 281 g/mol. The van der Waals surface area contributed by atoms with E-state index in [4.69, 9.17) is 11.0 Å². The molecule has 0 unspecified atom stereocenters. The SMILES string of the molecule is Nc1ccc(S(=O)(=O)CCOSOOO)cc1. The van der Waals surface area contributed by atoms with Crippen LogP contribution in [0.25, 0.3) is 0 Å². The third kappa shape index (κ3) is 4.89. The Balaban J connectivity index is 2.48. The summed E-state index contributed by atoms with van der Waals surface area (Å²) in [7, 11) is -3.42. The van der Waals surface area contributed by atoms with E-state index in [2.05, 4.69) is 13.6 Å². The molecule has 1 aromatic rings. The molecular weight excluding hydrogens is 270 g/mol. The number of hydrogen-bond acceptors (Lipinski definition) is 8. The first kappa shape index (κ1) is 14.2. The maximum atomic E-state index is 11.7. The maximum Gasteiger partial charge on any atom is 0.197 e. The highest BCUT2D eigenvalue weighted by atomic mass is 32.2. The van der Waals surface area contributed by atoms with Gasteiger partial charge in [0.05, 0.1) is 17.3 Å². The molecule has 0 radical (unpaired) electrons. The van der Waals surface area contributed by atoms with Crippen LogP contribution in [0.15, 0.2) is 29.2 Å². The topological polar surface area (TPSA) is 108 Å². The van der Waals surface area contributed by atoms with E-state index in [9.17, 15) is 8.42 Å². The summed E-state index contributed by atoms with van der Waals surface area (Å²) >= 11 is 0.335. The molecule has 17 heavy (non-hydrogen) atoms. The van der Waals surface area contributed by atoms with Crippen molar-refractivity contribution in [1.82, 2.24) is 0 Å². The monoisotopic (exact) mass is 281 g/mol. The van der Waals surface area contributed by atoms with E-state index in [0.717, 1.165) is 0 Å². The fourth-order valence-electron chi connectivity index (χ4n) is 1.00. The van der Waals surface area contributed by atoms with Gasteiger partial charge in [0.1, 0.15) is 0 Å². The van der Waals surface area contributed by atoms with Gasteiger partial charge in [0, 0.05) is 5.69 Å². The Kier molecular flexibility index (Phi) is 5.68. The van der Waals surface area contributed by atoms with Gasteiger partial charge >= 0.3 is 0 Å². The molecular formula is C8H11NO6S2. The van der Waals surface area contributed by atoms with Gasteiger partial charge in [0.15, 0.2) is 22.2 Å². The predicted molar refractivity (Wildman–Crippen MR) is 61.2 cm³/mol. The first-order chi connectivity index (χ1) is 8.06. The van der Waals surface area contributed by atoms with E-state index < -0.39 is 9.84 Å². The van der Waals surface area contributed by atoms with E-state index in [1.54, 1.807) is 0 Å². The molecule has 0 aliphatic rings. The minimum absolute atomic E-state index is 0.110. The quantitative estimate of drug-likeness (QED) is 0.251. The fourth-order valence-corrected chi connectivity index (χ4v) is 2.41. The summed E-state index contributed by atoms with van der Waals surface area (Å²) in [5.41, 5.74) is 5.94. The molecule has 1 aromatic carbocycles. The molecule has 0 fully saturated rings. The van der Waals surface area contributed by atoms with Crippen LogP contribution in [0.2, 0.25) is 0 Å². The highest BCUT2D eigenvalue weighted by molar-refractivity contribution is 7.91. The fraction of sp³-hybridized carbons (Fsp3) is 0.250. The Morgan fingerprint density at radius 2 is 1.94 bits per heavy atom. The second-order valence-corrected chi connectivity index (χ2v) is 5.54. The number of anilines is 1. The first-order valence-corrected chi connectivity index (χ1v) is 6.73. The molecule has 3 N–H and O–H groups in total. The minimum atomic E-state index is -3.42. The van der Waals surface area contributed by atoms with Crippen LogP contribution in [-0.2, 0) is 23.4 Å². The zero-order chi connectivity index (χ0) is 12.7. The Labute approximate surface area is 103 Å². The van der Waals surface area contributed by atoms with Crippen molar-refractivity contribution in [2.45, 2.75) is 4.90 Å². The van der Waals surface area contributed by atoms with Crippen molar-refractivity contribution in [3.05, 3.63) is 24.3 Å². The highest BCUT2D eigenvalue weighted by Gasteiger charge is 2.14. The lowest BCUT2D eigenvalue weighted by atomic mass is 10.3. The van der Waals surface area contributed by atoms with Gasteiger partial charge < -0.3 is 5.73 Å². The van der Waals surface area contributed by atoms with Gasteiger partial charge in [-0.2, -0.15) is 0 Å². The molecule has 0 saturated heterocycles. The van der Waals surface area contributed by atoms with Crippen LogP contribution in [0.1, 0.15) is 0 Å². The Morgan fingerprint density at radius 1 is 1.29 bits per heavy atom. The number of hydrogen-bond donors (Lipinski definition) is 2. The molecule has 0 spiro atoms. The standard InChI is InChI=1S/C8H11NO6S2/c9-7-1-3-8(4-2-7)17(11,12)6-5-13-16-15-14-10/h1-4,10H,5-6,9H2. The molecule has 1 rings (SSSR count). The lowest BCUT2D eigenvalue weighted by Gasteiger charge is -2.04. The summed E-state index contributed by atoms with van der Waals surface area (Å²) in [5.74, 6) is -0.224. The third-order valence-electron chi connectivity index (χ3n) is 1.78. The van der Waals surface area contributed by atoms with Crippen molar-refractivity contribution in [1.29, 1.82) is 0 Å². The molecule has 0 aromatic heterocycles. The van der Waals surface area contributed by atoms with E-state index >= 15 is 0 Å². The van der Waals surface area contributed by atoms with Crippen LogP contribution in [-0.4, -0.2) is 26.0 Å². The van der Waals surface area contributed by atoms with Crippen LogP contribution < -0.4 is 5.73 Å². The van der Waals surface area contributed by atoms with E-state index in [1.165, 1.54) is 24.3 Å². The maximum absolute atomic E-state index is 11.7. The van der Waals surface area contributed by atoms with Crippen LogP contribution in [0.5, 0.6) is 0 Å². The zero-order valence-electron chi connectivity index (χ0n) is 8.61. The van der Waals surface area contributed by atoms with Crippen LogP contribution in [0, 0.1) is 0 Å². The molecule has 7 nitrogen and oxygen atoms in total. The normalized spacial score (nSPS) is 11.6. The molecule has 0 amide bonds. The van der Waals surface area contributed by atoms with Crippen molar-refractivity contribution in [3.8, 4) is 0 Å². The van der Waals surface area contributed by atoms with Crippen molar-refractivity contribution >= 4 is 27.8 Å². The molecule has 96 valence electrons. The van der Waals surface area contributed by atoms with Gasteiger partial charge in [0.2, 0.25) is 0 Å². The minimum Gasteiger partial charge on any atom is -0.399 e. The second kappa shape index (κ2) is 6.79. The average Bonchev–Trinajstić information content (AvgIpc) is 2.29. The van der Waals surface area contributed by atoms with Crippen LogP contribution in [0.4, 0.5) is 5.69 Å². The summed E-state index contributed by atoms with van der Waals surface area (Å²) in [5, 5.41) is 11.0. The number of nitrogens with two attached hydrogens (primary N) is 1. The van der Waals surface area contributed by atoms with Gasteiger partial charge in [0.25, 0.3) is 0 Å². The van der Waals surface area contributed by atoms with Crippen molar-refractivity contribution in [2.24, 2.45) is 0 Å². The van der Waals surface area contributed by atoms with Gasteiger partial charge in [-0.25, -0.2) is 13.7 Å². The first-order valence-electron chi connectivity index (χ1n) is 4.41. The summed E-state index contributed by atoms with van der Waals surface area (Å²) in [6.07, 6.45) is 0. The van der Waals surface area contributed by atoms with Crippen LogP contribution >= 0.6 is 12.3 Å². The molecule has 0 bridgehead atoms. The third-order valence-corrected chi connectivity index (χ3v) is 3.85. The summed E-state index contributed by atoms with van der Waals surface area (Å²) in [6, 6.07) is 5.85. The second-order valence-electron chi connectivity index (χ2n) is 2.92. The predicted octanol–water partition coefficient (Wildman–Crippen LogP) is 1.04. The van der Waals surface area contributed by atoms with Gasteiger partial charge in [-0.15, -0.1) is 4.33 Å². The lowest BCUT2D eigenvalue weighted by Crippen LogP contribution is -2.11. The van der Waals surface area contributed by atoms with E-state index in [1.807, 2.05) is 0 Å². The summed E-state index contributed by atoms with van der Waals surface area (Å²) in [6.45, 7) is -0.110. The van der Waals surface area contributed by atoms with Crippen molar-refractivity contribution < 1.29 is 27.2 Å². The number of sulfone groups is 1. The van der Waals surface area contributed by atoms with Crippen molar-refractivity contribution in [2.75, 3.05) is 18.1 Å². The number of rotatable bonds is 7. The van der Waals surface area contributed by atoms with E-state index in [0.29, 0.717) is 18.0 Å². The number of nitrogen functional groups attached to an aromatic ring is 1. The van der Waals surface area contributed by atoms with Gasteiger partial charge in [-0.1, -0.05) is 5.04 Å². The molecule has 0 atom stereocenters. The smallest absolute Gasteiger partial charge is 0.197 e. The Hall–Kier alpha value is -0.840. The largest absolute Gasteiger partial charge is 0.399 e. The van der Waals surface area contributed by atoms with Crippen LogP contribution in [0.3, 0.4) is 0 Å². The van der Waals surface area contributed by atoms with Gasteiger partial charge in [-0.3, -0.25) is 4.18 Å². The Morgan fingerprint density at radius 3 is 2.53 bits per heavy atom.